The van der Waals surface area contributed by atoms with Gasteiger partial charge in [0.15, 0.2) is 18.1 Å². The van der Waals surface area contributed by atoms with Crippen molar-refractivity contribution < 1.29 is 29.0 Å². The molecule has 1 fully saturated rings. The highest BCUT2D eigenvalue weighted by Gasteiger charge is 2.22. The molecule has 1 aromatic carbocycles. The molecule has 0 bridgehead atoms. The molecule has 2 rings (SSSR count). The normalized spacial score (nSPS) is 15.4. The van der Waals surface area contributed by atoms with Crippen molar-refractivity contribution in [3.8, 4) is 11.5 Å². The number of carboxylic acids is 1. The summed E-state index contributed by atoms with van der Waals surface area (Å²) in [7, 11) is 0. The van der Waals surface area contributed by atoms with Gasteiger partial charge in [-0.25, -0.2) is 9.59 Å². The molecular formula is C14H14N2O6. The smallest absolute Gasteiger partial charge is 0.341 e. The van der Waals surface area contributed by atoms with Crippen molar-refractivity contribution >= 4 is 24.0 Å². The summed E-state index contributed by atoms with van der Waals surface area (Å²) in [6.45, 7) is 1.65. The zero-order valence-electron chi connectivity index (χ0n) is 11.7. The van der Waals surface area contributed by atoms with Gasteiger partial charge in [0.05, 0.1) is 6.61 Å². The van der Waals surface area contributed by atoms with E-state index in [4.69, 9.17) is 14.6 Å². The summed E-state index contributed by atoms with van der Waals surface area (Å²) in [6.07, 6.45) is 1.48. The van der Waals surface area contributed by atoms with Crippen LogP contribution in [-0.2, 0) is 9.59 Å². The first-order valence-corrected chi connectivity index (χ1v) is 6.45. The fourth-order valence-electron chi connectivity index (χ4n) is 1.79. The summed E-state index contributed by atoms with van der Waals surface area (Å²) in [5, 5.41) is 13.1. The van der Waals surface area contributed by atoms with Gasteiger partial charge in [-0.05, 0) is 30.7 Å². The first-order valence-electron chi connectivity index (χ1n) is 6.45. The van der Waals surface area contributed by atoms with E-state index in [-0.39, 0.29) is 11.4 Å². The zero-order valence-corrected chi connectivity index (χ0v) is 11.7. The van der Waals surface area contributed by atoms with Crippen molar-refractivity contribution in [3.05, 3.63) is 29.5 Å². The summed E-state index contributed by atoms with van der Waals surface area (Å²) in [6, 6.07) is 4.16. The largest absolute Gasteiger partial charge is 0.490 e. The number of rotatable bonds is 6. The Bertz CT molecular complexity index is 653. The molecule has 1 aliphatic heterocycles. The summed E-state index contributed by atoms with van der Waals surface area (Å²) in [5.74, 6) is -0.984. The van der Waals surface area contributed by atoms with Crippen molar-refractivity contribution in [3.63, 3.8) is 0 Å². The Morgan fingerprint density at radius 1 is 1.23 bits per heavy atom. The number of amides is 3. The van der Waals surface area contributed by atoms with E-state index in [1.165, 1.54) is 12.1 Å². The molecule has 0 unspecified atom stereocenters. The van der Waals surface area contributed by atoms with E-state index in [2.05, 4.69) is 10.6 Å². The molecule has 0 aliphatic carbocycles. The van der Waals surface area contributed by atoms with Crippen LogP contribution in [0, 0.1) is 0 Å². The Balaban J connectivity index is 2.25. The Hall–Kier alpha value is -3.03. The summed E-state index contributed by atoms with van der Waals surface area (Å²) in [5.41, 5.74) is 0.713. The van der Waals surface area contributed by atoms with Gasteiger partial charge in [-0.2, -0.15) is 0 Å². The van der Waals surface area contributed by atoms with Gasteiger partial charge in [-0.3, -0.25) is 10.1 Å². The van der Waals surface area contributed by atoms with Crippen LogP contribution in [0.25, 0.3) is 6.08 Å². The summed E-state index contributed by atoms with van der Waals surface area (Å²) in [4.78, 5) is 33.0. The maximum atomic E-state index is 11.5. The van der Waals surface area contributed by atoms with Gasteiger partial charge in [-0.1, -0.05) is 6.07 Å². The second kappa shape index (κ2) is 6.61. The first kappa shape index (κ1) is 15.4. The molecule has 8 nitrogen and oxygen atoms in total. The minimum atomic E-state index is -1.10. The minimum Gasteiger partial charge on any atom is -0.490 e. The third-order valence-corrected chi connectivity index (χ3v) is 2.65. The maximum absolute atomic E-state index is 11.5. The Morgan fingerprint density at radius 3 is 2.59 bits per heavy atom. The molecule has 0 saturated carbocycles. The topological polar surface area (TPSA) is 114 Å². The molecular weight excluding hydrogens is 292 g/mol. The van der Waals surface area contributed by atoms with Crippen molar-refractivity contribution in [2.75, 3.05) is 13.2 Å². The molecule has 0 radical (unpaired) electrons. The number of aliphatic carboxylic acids is 1. The average Bonchev–Trinajstić information content (AvgIpc) is 2.76. The predicted molar refractivity (Wildman–Crippen MR) is 75.4 cm³/mol. The van der Waals surface area contributed by atoms with Crippen LogP contribution in [0.3, 0.4) is 0 Å². The highest BCUT2D eigenvalue weighted by atomic mass is 16.5. The number of ether oxygens (including phenoxy) is 2. The lowest BCUT2D eigenvalue weighted by atomic mass is 10.1. The monoisotopic (exact) mass is 306 g/mol. The fraction of sp³-hybridized carbons (Fsp3) is 0.214. The molecule has 8 heteroatoms. The number of hydrogen-bond donors (Lipinski definition) is 3. The standard InChI is InChI=1S/C14H14N2O6/c1-2-21-11-6-8(3-4-10(11)22-7-12(17)18)5-9-13(19)16-14(20)15-9/h3-6H,2,7H2,1H3,(H,17,18)(H2,15,16,19,20)/b9-5+. The van der Waals surface area contributed by atoms with Crippen molar-refractivity contribution in [1.29, 1.82) is 0 Å². The highest BCUT2D eigenvalue weighted by molar-refractivity contribution is 6.14. The molecule has 22 heavy (non-hydrogen) atoms. The third-order valence-electron chi connectivity index (χ3n) is 2.65. The Labute approximate surface area is 125 Å². The Morgan fingerprint density at radius 2 is 2.00 bits per heavy atom. The number of imide groups is 1. The van der Waals surface area contributed by atoms with Crippen molar-refractivity contribution in [2.45, 2.75) is 6.92 Å². The summed E-state index contributed by atoms with van der Waals surface area (Å²) < 4.78 is 10.5. The van der Waals surface area contributed by atoms with E-state index in [9.17, 15) is 14.4 Å². The summed E-state index contributed by atoms with van der Waals surface area (Å²) >= 11 is 0. The molecule has 1 aliphatic rings. The number of benzene rings is 1. The van der Waals surface area contributed by atoms with Crippen LogP contribution in [0.5, 0.6) is 11.5 Å². The van der Waals surface area contributed by atoms with E-state index in [0.717, 1.165) is 0 Å². The molecule has 116 valence electrons. The molecule has 3 amide bonds. The number of carbonyl (C=O) groups is 3. The quantitative estimate of drug-likeness (QED) is 0.527. The fourth-order valence-corrected chi connectivity index (χ4v) is 1.79. The number of nitrogens with one attached hydrogen (secondary N) is 2. The van der Waals surface area contributed by atoms with E-state index in [0.29, 0.717) is 17.9 Å². The minimum absolute atomic E-state index is 0.117. The van der Waals surface area contributed by atoms with Crippen LogP contribution in [0.1, 0.15) is 12.5 Å². The van der Waals surface area contributed by atoms with Crippen LogP contribution >= 0.6 is 0 Å². The van der Waals surface area contributed by atoms with Crippen molar-refractivity contribution in [1.82, 2.24) is 10.6 Å². The SMILES string of the molecule is CCOc1cc(/C=C2/NC(=O)NC2=O)ccc1OCC(=O)O. The number of urea groups is 1. The zero-order chi connectivity index (χ0) is 16.1. The molecule has 0 aromatic heterocycles. The average molecular weight is 306 g/mol. The second-order valence-electron chi connectivity index (χ2n) is 4.29. The molecule has 3 N–H and O–H groups in total. The highest BCUT2D eigenvalue weighted by Crippen LogP contribution is 2.29. The predicted octanol–water partition coefficient (Wildman–Crippen LogP) is 0.729. The molecule has 1 saturated heterocycles. The van der Waals surface area contributed by atoms with Gasteiger partial charge in [-0.15, -0.1) is 0 Å². The van der Waals surface area contributed by atoms with Gasteiger partial charge in [0.25, 0.3) is 5.91 Å². The van der Waals surface area contributed by atoms with E-state index >= 15 is 0 Å². The second-order valence-corrected chi connectivity index (χ2v) is 4.29. The number of carbonyl (C=O) groups excluding carboxylic acids is 2. The van der Waals surface area contributed by atoms with E-state index in [1.807, 2.05) is 0 Å². The van der Waals surface area contributed by atoms with Gasteiger partial charge in [0.2, 0.25) is 0 Å². The lowest BCUT2D eigenvalue weighted by Gasteiger charge is -2.11. The van der Waals surface area contributed by atoms with Crippen LogP contribution in [0.4, 0.5) is 4.79 Å². The molecule has 0 spiro atoms. The van der Waals surface area contributed by atoms with Crippen molar-refractivity contribution in [2.24, 2.45) is 0 Å². The number of hydrogen-bond acceptors (Lipinski definition) is 5. The lowest BCUT2D eigenvalue weighted by molar-refractivity contribution is -0.139. The van der Waals surface area contributed by atoms with Gasteiger partial charge < -0.3 is 19.9 Å². The van der Waals surface area contributed by atoms with Crippen LogP contribution < -0.4 is 20.1 Å². The maximum Gasteiger partial charge on any atom is 0.341 e. The Kier molecular flexibility index (Phi) is 4.62. The van der Waals surface area contributed by atoms with Crippen LogP contribution in [-0.4, -0.2) is 36.2 Å². The van der Waals surface area contributed by atoms with Crippen LogP contribution in [0.2, 0.25) is 0 Å². The van der Waals surface area contributed by atoms with Gasteiger partial charge >= 0.3 is 12.0 Å². The number of carboxylic acid groups (broad SMARTS) is 1. The van der Waals surface area contributed by atoms with Gasteiger partial charge in [0, 0.05) is 0 Å². The van der Waals surface area contributed by atoms with Gasteiger partial charge in [0.1, 0.15) is 5.70 Å². The molecule has 1 aromatic rings. The first-order chi connectivity index (χ1) is 10.5. The third kappa shape index (κ3) is 3.75. The van der Waals surface area contributed by atoms with E-state index < -0.39 is 24.5 Å². The molecule has 1 heterocycles. The lowest BCUT2D eigenvalue weighted by Crippen LogP contribution is -2.22. The van der Waals surface area contributed by atoms with E-state index in [1.54, 1.807) is 19.1 Å². The molecule has 0 atom stereocenters. The van der Waals surface area contributed by atoms with Crippen LogP contribution in [0.15, 0.2) is 23.9 Å².